The van der Waals surface area contributed by atoms with Gasteiger partial charge in [-0.25, -0.2) is 32.5 Å². The van der Waals surface area contributed by atoms with Crippen molar-refractivity contribution in [1.29, 1.82) is 0 Å². The van der Waals surface area contributed by atoms with E-state index in [0.29, 0.717) is 6.29 Å². The molecule has 0 radical (unpaired) electrons. The Labute approximate surface area is 172 Å². The maximum Gasteiger partial charge on any atom is 0.420 e. The first kappa shape index (κ1) is 22.7. The molecule has 1 aromatic carbocycles. The normalized spacial score (nSPS) is 11.8. The summed E-state index contributed by atoms with van der Waals surface area (Å²) < 4.78 is 43.6. The first-order chi connectivity index (χ1) is 13.3. The molecular formula is C18H19ClFN3O5S. The first-order valence-corrected chi connectivity index (χ1v) is 10.6. The van der Waals surface area contributed by atoms with Gasteiger partial charge in [-0.1, -0.05) is 11.6 Å². The van der Waals surface area contributed by atoms with Crippen molar-refractivity contribution in [2.75, 3.05) is 11.2 Å². The van der Waals surface area contributed by atoms with E-state index in [1.807, 2.05) is 0 Å². The minimum atomic E-state index is -3.67. The van der Waals surface area contributed by atoms with Gasteiger partial charge in [0.1, 0.15) is 29.2 Å². The topological polar surface area (TPSA) is 107 Å². The summed E-state index contributed by atoms with van der Waals surface area (Å²) in [5.74, 6) is -1.16. The van der Waals surface area contributed by atoms with Crippen molar-refractivity contribution < 1.29 is 27.1 Å². The third-order valence-corrected chi connectivity index (χ3v) is 4.97. The molecule has 0 unspecified atom stereocenters. The van der Waals surface area contributed by atoms with Gasteiger partial charge in [0.2, 0.25) is 0 Å². The van der Waals surface area contributed by atoms with Gasteiger partial charge in [0, 0.05) is 18.2 Å². The fourth-order valence-corrected chi connectivity index (χ4v) is 3.18. The van der Waals surface area contributed by atoms with Crippen molar-refractivity contribution in [2.45, 2.75) is 37.7 Å². The fraction of sp³-hybridized carbons (Fsp3) is 0.333. The molecule has 0 aliphatic carbocycles. The zero-order chi connectivity index (χ0) is 22.0. The Morgan fingerprint density at radius 1 is 1.31 bits per heavy atom. The number of carbonyl (C=O) groups is 2. The van der Waals surface area contributed by atoms with Crippen LogP contribution in [0.4, 0.5) is 20.7 Å². The minimum Gasteiger partial charge on any atom is -0.443 e. The third kappa shape index (κ3) is 5.48. The molecule has 0 saturated heterocycles. The number of anilines is 2. The van der Waals surface area contributed by atoms with E-state index in [4.69, 9.17) is 16.3 Å². The molecule has 0 atom stereocenters. The third-order valence-electron chi connectivity index (χ3n) is 3.53. The molecule has 1 amide bonds. The molecule has 1 aromatic heterocycles. The number of halogens is 2. The number of carbonyl (C=O) groups excluding carboxylic acids is 2. The lowest BCUT2D eigenvalue weighted by Crippen LogP contribution is -2.35. The monoisotopic (exact) mass is 443 g/mol. The average Bonchev–Trinajstić information content (AvgIpc) is 2.57. The molecule has 2 rings (SSSR count). The van der Waals surface area contributed by atoms with Crippen LogP contribution in [0, 0.1) is 5.82 Å². The second-order valence-corrected chi connectivity index (χ2v) is 9.41. The van der Waals surface area contributed by atoms with E-state index >= 15 is 0 Å². The van der Waals surface area contributed by atoms with Crippen LogP contribution in [0.5, 0.6) is 0 Å². The molecule has 0 saturated carbocycles. The summed E-state index contributed by atoms with van der Waals surface area (Å²) in [7, 11) is -3.67. The highest BCUT2D eigenvalue weighted by Crippen LogP contribution is 2.34. The lowest BCUT2D eigenvalue weighted by atomic mass is 10.2. The molecule has 0 aliphatic heterocycles. The number of amides is 1. The van der Waals surface area contributed by atoms with Crippen LogP contribution in [-0.2, 0) is 25.8 Å². The molecule has 0 bridgehead atoms. The van der Waals surface area contributed by atoms with Gasteiger partial charge in [0.25, 0.3) is 0 Å². The summed E-state index contributed by atoms with van der Waals surface area (Å²) in [6.45, 7) is 4.85. The SMILES string of the molecule is CC(C)(C)OC(=O)N(c1ccc(S(C)(=O)=O)cc1F)c1ncnc(Cl)c1CC=O. The summed E-state index contributed by atoms with van der Waals surface area (Å²) in [5.41, 5.74) is -1.17. The van der Waals surface area contributed by atoms with Gasteiger partial charge in [0.05, 0.1) is 10.6 Å². The van der Waals surface area contributed by atoms with E-state index in [1.54, 1.807) is 20.8 Å². The van der Waals surface area contributed by atoms with Crippen molar-refractivity contribution in [3.63, 3.8) is 0 Å². The molecule has 2 aromatic rings. The van der Waals surface area contributed by atoms with Crippen molar-refractivity contribution in [3.8, 4) is 0 Å². The van der Waals surface area contributed by atoms with E-state index in [9.17, 15) is 22.4 Å². The van der Waals surface area contributed by atoms with Crippen LogP contribution in [0.1, 0.15) is 26.3 Å². The predicted molar refractivity (Wildman–Crippen MR) is 105 cm³/mol. The van der Waals surface area contributed by atoms with Crippen LogP contribution in [0.2, 0.25) is 5.15 Å². The number of benzene rings is 1. The maximum absolute atomic E-state index is 14.9. The van der Waals surface area contributed by atoms with Gasteiger partial charge in [-0.2, -0.15) is 0 Å². The smallest absolute Gasteiger partial charge is 0.420 e. The first-order valence-electron chi connectivity index (χ1n) is 8.31. The Morgan fingerprint density at radius 3 is 2.48 bits per heavy atom. The van der Waals surface area contributed by atoms with Crippen molar-refractivity contribution in [3.05, 3.63) is 41.1 Å². The summed E-state index contributed by atoms with van der Waals surface area (Å²) >= 11 is 6.04. The van der Waals surface area contributed by atoms with Crippen molar-refractivity contribution >= 4 is 45.3 Å². The summed E-state index contributed by atoms with van der Waals surface area (Å²) in [6.07, 6.45) is 1.28. The van der Waals surface area contributed by atoms with Crippen LogP contribution < -0.4 is 4.90 Å². The van der Waals surface area contributed by atoms with Crippen LogP contribution in [-0.4, -0.2) is 42.6 Å². The van der Waals surface area contributed by atoms with Crippen LogP contribution in [0.25, 0.3) is 0 Å². The Kier molecular flexibility index (Phi) is 6.59. The number of rotatable bonds is 5. The number of aldehydes is 1. The standard InChI is InChI=1S/C18H19ClFN3O5S/c1-18(2,3)28-17(25)23(16-12(7-8-24)15(19)21-10-22-16)14-6-5-11(9-13(14)20)29(4,26)27/h5-6,8-10H,7H2,1-4H3. The van der Waals surface area contributed by atoms with E-state index in [0.717, 1.165) is 35.7 Å². The number of ether oxygens (including phenoxy) is 1. The Hall–Kier alpha value is -2.59. The van der Waals surface area contributed by atoms with Gasteiger partial charge in [-0.3, -0.25) is 0 Å². The van der Waals surface area contributed by atoms with Gasteiger partial charge in [-0.15, -0.1) is 0 Å². The average molecular weight is 444 g/mol. The number of hydrogen-bond donors (Lipinski definition) is 0. The number of hydrogen-bond acceptors (Lipinski definition) is 7. The highest BCUT2D eigenvalue weighted by Gasteiger charge is 2.31. The van der Waals surface area contributed by atoms with Crippen molar-refractivity contribution in [2.24, 2.45) is 0 Å². The molecule has 0 N–H and O–H groups in total. The zero-order valence-electron chi connectivity index (χ0n) is 16.1. The molecular weight excluding hydrogens is 425 g/mol. The molecule has 1 heterocycles. The molecule has 11 heteroatoms. The number of aromatic nitrogens is 2. The lowest BCUT2D eigenvalue weighted by Gasteiger charge is -2.28. The van der Waals surface area contributed by atoms with E-state index < -0.39 is 27.3 Å². The second-order valence-electron chi connectivity index (χ2n) is 7.04. The Balaban J connectivity index is 2.73. The van der Waals surface area contributed by atoms with Crippen LogP contribution in [0.15, 0.2) is 29.4 Å². The molecule has 8 nitrogen and oxygen atoms in total. The van der Waals surface area contributed by atoms with Crippen LogP contribution in [0.3, 0.4) is 0 Å². The van der Waals surface area contributed by atoms with Crippen LogP contribution >= 0.6 is 11.6 Å². The van der Waals surface area contributed by atoms with Gasteiger partial charge >= 0.3 is 6.09 Å². The second kappa shape index (κ2) is 8.42. The maximum atomic E-state index is 14.9. The number of nitrogens with zero attached hydrogens (tertiary/aromatic N) is 3. The highest BCUT2D eigenvalue weighted by molar-refractivity contribution is 7.90. The van der Waals surface area contributed by atoms with E-state index in [1.165, 1.54) is 0 Å². The van der Waals surface area contributed by atoms with Gasteiger partial charge < -0.3 is 9.53 Å². The minimum absolute atomic E-state index is 0.0848. The van der Waals surface area contributed by atoms with Gasteiger partial charge in [-0.05, 0) is 39.0 Å². The largest absolute Gasteiger partial charge is 0.443 e. The highest BCUT2D eigenvalue weighted by atomic mass is 35.5. The quantitative estimate of drug-likeness (QED) is 0.514. The Morgan fingerprint density at radius 2 is 1.97 bits per heavy atom. The summed E-state index contributed by atoms with van der Waals surface area (Å²) in [4.78, 5) is 32.2. The van der Waals surface area contributed by atoms with E-state index in [-0.39, 0.29) is 33.5 Å². The van der Waals surface area contributed by atoms with Crippen molar-refractivity contribution in [1.82, 2.24) is 9.97 Å². The van der Waals surface area contributed by atoms with E-state index in [2.05, 4.69) is 9.97 Å². The van der Waals surface area contributed by atoms with Gasteiger partial charge in [0.15, 0.2) is 15.7 Å². The molecule has 0 aliphatic rings. The molecule has 0 fully saturated rings. The molecule has 156 valence electrons. The summed E-state index contributed by atoms with van der Waals surface area (Å²) in [6, 6.07) is 3.04. The Bertz CT molecular complexity index is 1050. The fourth-order valence-electron chi connectivity index (χ4n) is 2.34. The molecule has 0 spiro atoms. The predicted octanol–water partition coefficient (Wildman–Crippen LogP) is 3.49. The lowest BCUT2D eigenvalue weighted by molar-refractivity contribution is -0.107. The zero-order valence-corrected chi connectivity index (χ0v) is 17.7. The number of sulfone groups is 1. The summed E-state index contributed by atoms with van der Waals surface area (Å²) in [5, 5.41) is -0.0937. The molecule has 29 heavy (non-hydrogen) atoms.